The minimum absolute atomic E-state index is 0.00801. The second kappa shape index (κ2) is 4.09. The van der Waals surface area contributed by atoms with Crippen LogP contribution in [0.4, 0.5) is 0 Å². The van der Waals surface area contributed by atoms with Crippen molar-refractivity contribution in [1.82, 2.24) is 9.55 Å². The molecule has 3 nitrogen and oxygen atoms in total. The summed E-state index contributed by atoms with van der Waals surface area (Å²) in [6.45, 7) is 2.58. The largest absolute Gasteiger partial charge is 0.300 e. The predicted octanol–water partition coefficient (Wildman–Crippen LogP) is 1.93. The van der Waals surface area contributed by atoms with Crippen LogP contribution in [0.15, 0.2) is 47.5 Å². The third-order valence-electron chi connectivity index (χ3n) is 2.29. The van der Waals surface area contributed by atoms with E-state index in [-0.39, 0.29) is 5.56 Å². The summed E-state index contributed by atoms with van der Waals surface area (Å²) in [5.74, 6) is 0. The zero-order valence-electron chi connectivity index (χ0n) is 8.55. The van der Waals surface area contributed by atoms with Crippen LogP contribution in [0.25, 0.3) is 11.3 Å². The highest BCUT2D eigenvalue weighted by atomic mass is 16.1. The Labute approximate surface area is 88.0 Å². The normalized spacial score (nSPS) is 10.2. The van der Waals surface area contributed by atoms with Gasteiger partial charge in [0.2, 0.25) is 0 Å². The Morgan fingerprint density at radius 3 is 2.60 bits per heavy atom. The predicted molar refractivity (Wildman–Crippen MR) is 59.6 cm³/mol. The van der Waals surface area contributed by atoms with Crippen LogP contribution in [0.3, 0.4) is 0 Å². The summed E-state index contributed by atoms with van der Waals surface area (Å²) in [7, 11) is 0. The molecule has 0 unspecified atom stereocenters. The molecule has 0 aliphatic heterocycles. The second-order valence-corrected chi connectivity index (χ2v) is 3.26. The fourth-order valence-corrected chi connectivity index (χ4v) is 1.43. The van der Waals surface area contributed by atoms with E-state index in [0.717, 1.165) is 11.3 Å². The quantitative estimate of drug-likeness (QED) is 0.742. The van der Waals surface area contributed by atoms with Gasteiger partial charge in [-0.05, 0) is 6.92 Å². The summed E-state index contributed by atoms with van der Waals surface area (Å²) in [4.78, 5) is 15.8. The average Bonchev–Trinajstić information content (AvgIpc) is 2.30. The van der Waals surface area contributed by atoms with Gasteiger partial charge >= 0.3 is 0 Å². The molecule has 1 heterocycles. The SMILES string of the molecule is CCn1cnc(-c2ccccc2)cc1=O. The smallest absolute Gasteiger partial charge is 0.253 e. The molecule has 0 spiro atoms. The van der Waals surface area contributed by atoms with E-state index in [1.54, 1.807) is 17.0 Å². The molecule has 2 aromatic rings. The van der Waals surface area contributed by atoms with Crippen LogP contribution in [-0.2, 0) is 6.54 Å². The van der Waals surface area contributed by atoms with Gasteiger partial charge in [-0.3, -0.25) is 9.36 Å². The van der Waals surface area contributed by atoms with Crippen LogP contribution in [0.1, 0.15) is 6.92 Å². The third-order valence-corrected chi connectivity index (χ3v) is 2.29. The maximum Gasteiger partial charge on any atom is 0.253 e. The lowest BCUT2D eigenvalue weighted by molar-refractivity contribution is 0.708. The Balaban J connectivity index is 2.48. The van der Waals surface area contributed by atoms with E-state index in [0.29, 0.717) is 6.54 Å². The van der Waals surface area contributed by atoms with E-state index in [1.807, 2.05) is 37.3 Å². The summed E-state index contributed by atoms with van der Waals surface area (Å²) in [5.41, 5.74) is 1.69. The van der Waals surface area contributed by atoms with E-state index < -0.39 is 0 Å². The van der Waals surface area contributed by atoms with Crippen LogP contribution < -0.4 is 5.56 Å². The molecule has 0 saturated heterocycles. The molecular formula is C12H12N2O. The standard InChI is InChI=1S/C12H12N2O/c1-2-14-9-13-11(8-12(14)15)10-6-4-3-5-7-10/h3-9H,2H2,1H3. The summed E-state index contributed by atoms with van der Waals surface area (Å²) in [6, 6.07) is 11.3. The highest BCUT2D eigenvalue weighted by Crippen LogP contribution is 2.13. The van der Waals surface area contributed by atoms with E-state index in [2.05, 4.69) is 4.98 Å². The number of hydrogen-bond donors (Lipinski definition) is 0. The molecular weight excluding hydrogens is 188 g/mol. The monoisotopic (exact) mass is 200 g/mol. The maximum atomic E-state index is 11.6. The number of benzene rings is 1. The molecule has 3 heteroatoms. The lowest BCUT2D eigenvalue weighted by Gasteiger charge is -2.03. The van der Waals surface area contributed by atoms with Crippen LogP contribution in [0.2, 0.25) is 0 Å². The zero-order valence-corrected chi connectivity index (χ0v) is 8.55. The van der Waals surface area contributed by atoms with E-state index in [4.69, 9.17) is 0 Å². The van der Waals surface area contributed by atoms with Gasteiger partial charge < -0.3 is 0 Å². The van der Waals surface area contributed by atoms with Gasteiger partial charge in [-0.15, -0.1) is 0 Å². The number of rotatable bonds is 2. The number of nitrogens with zero attached hydrogens (tertiary/aromatic N) is 2. The van der Waals surface area contributed by atoms with Crippen molar-refractivity contribution in [1.29, 1.82) is 0 Å². The third kappa shape index (κ3) is 1.96. The van der Waals surface area contributed by atoms with Gasteiger partial charge in [0.05, 0.1) is 12.0 Å². The molecule has 0 radical (unpaired) electrons. The van der Waals surface area contributed by atoms with E-state index in [1.165, 1.54) is 0 Å². The lowest BCUT2D eigenvalue weighted by Crippen LogP contribution is -2.18. The van der Waals surface area contributed by atoms with Crippen molar-refractivity contribution in [3.63, 3.8) is 0 Å². The van der Waals surface area contributed by atoms with Crippen LogP contribution in [-0.4, -0.2) is 9.55 Å². The van der Waals surface area contributed by atoms with Crippen molar-refractivity contribution < 1.29 is 0 Å². The van der Waals surface area contributed by atoms with Gasteiger partial charge in [0.25, 0.3) is 5.56 Å². The molecule has 0 amide bonds. The molecule has 1 aromatic carbocycles. The summed E-state index contributed by atoms with van der Waals surface area (Å²) in [5, 5.41) is 0. The first-order valence-corrected chi connectivity index (χ1v) is 4.93. The number of hydrogen-bond acceptors (Lipinski definition) is 2. The molecule has 0 fully saturated rings. The Morgan fingerprint density at radius 1 is 1.27 bits per heavy atom. The zero-order chi connectivity index (χ0) is 10.7. The highest BCUT2D eigenvalue weighted by molar-refractivity contribution is 5.57. The van der Waals surface area contributed by atoms with Gasteiger partial charge in [-0.1, -0.05) is 30.3 Å². The number of aromatic nitrogens is 2. The van der Waals surface area contributed by atoms with Gasteiger partial charge in [0.15, 0.2) is 0 Å². The fourth-order valence-electron chi connectivity index (χ4n) is 1.43. The van der Waals surface area contributed by atoms with Crippen molar-refractivity contribution in [2.45, 2.75) is 13.5 Å². The minimum atomic E-state index is -0.00801. The molecule has 0 atom stereocenters. The first-order chi connectivity index (χ1) is 7.31. The maximum absolute atomic E-state index is 11.6. The molecule has 76 valence electrons. The first kappa shape index (κ1) is 9.65. The van der Waals surface area contributed by atoms with Crippen LogP contribution in [0, 0.1) is 0 Å². The molecule has 2 rings (SSSR count). The van der Waals surface area contributed by atoms with Gasteiger partial charge in [0, 0.05) is 18.2 Å². The molecule has 15 heavy (non-hydrogen) atoms. The van der Waals surface area contributed by atoms with Gasteiger partial charge in [-0.25, -0.2) is 4.98 Å². The Hall–Kier alpha value is -1.90. The van der Waals surface area contributed by atoms with Crippen molar-refractivity contribution >= 4 is 0 Å². The average molecular weight is 200 g/mol. The van der Waals surface area contributed by atoms with Crippen LogP contribution in [0.5, 0.6) is 0 Å². The van der Waals surface area contributed by atoms with Crippen molar-refractivity contribution in [3.8, 4) is 11.3 Å². The summed E-state index contributed by atoms with van der Waals surface area (Å²) < 4.78 is 1.58. The van der Waals surface area contributed by atoms with Gasteiger partial charge in [0.1, 0.15) is 0 Å². The lowest BCUT2D eigenvalue weighted by atomic mass is 10.1. The van der Waals surface area contributed by atoms with Crippen LogP contribution >= 0.6 is 0 Å². The number of aryl methyl sites for hydroxylation is 1. The summed E-state index contributed by atoms with van der Waals surface area (Å²) in [6.07, 6.45) is 1.59. The molecule has 0 aliphatic carbocycles. The topological polar surface area (TPSA) is 34.9 Å². The molecule has 0 saturated carbocycles. The minimum Gasteiger partial charge on any atom is -0.300 e. The van der Waals surface area contributed by atoms with E-state index in [9.17, 15) is 4.79 Å². The molecule has 1 aromatic heterocycles. The Morgan fingerprint density at radius 2 is 2.00 bits per heavy atom. The van der Waals surface area contributed by atoms with E-state index >= 15 is 0 Å². The first-order valence-electron chi connectivity index (χ1n) is 4.93. The molecule has 0 N–H and O–H groups in total. The van der Waals surface area contributed by atoms with Crippen molar-refractivity contribution in [2.24, 2.45) is 0 Å². The molecule has 0 bridgehead atoms. The Bertz CT molecular complexity index is 503. The second-order valence-electron chi connectivity index (χ2n) is 3.26. The van der Waals surface area contributed by atoms with Gasteiger partial charge in [-0.2, -0.15) is 0 Å². The fraction of sp³-hybridized carbons (Fsp3) is 0.167. The van der Waals surface area contributed by atoms with Crippen molar-refractivity contribution in [2.75, 3.05) is 0 Å². The Kier molecular flexibility index (Phi) is 2.63. The molecule has 0 aliphatic rings. The highest BCUT2D eigenvalue weighted by Gasteiger charge is 2.00. The van der Waals surface area contributed by atoms with Crippen molar-refractivity contribution in [3.05, 3.63) is 53.1 Å². The summed E-state index contributed by atoms with van der Waals surface area (Å²) >= 11 is 0.